The molecular formula is C13H16N2OS. The molecule has 0 aromatic carbocycles. The number of rotatable bonds is 2. The molecule has 0 bridgehead atoms. The summed E-state index contributed by atoms with van der Waals surface area (Å²) < 4.78 is 6.85. The summed E-state index contributed by atoms with van der Waals surface area (Å²) >= 11 is 1.76. The Balaban J connectivity index is 1.82. The third-order valence-corrected chi connectivity index (χ3v) is 4.09. The van der Waals surface area contributed by atoms with Crippen molar-refractivity contribution in [3.63, 3.8) is 0 Å². The van der Waals surface area contributed by atoms with Gasteiger partial charge in [0.15, 0.2) is 0 Å². The standard InChI is InChI=1S/C13H16N2OS/c1-9-8-10(3-6-16-9)15-13-11-4-7-17-12(11)2-5-14-13/h2,4-5,7,9-10H,3,6,8H2,1H3,(H,14,15). The summed E-state index contributed by atoms with van der Waals surface area (Å²) in [5.41, 5.74) is 0. The van der Waals surface area contributed by atoms with Crippen LogP contribution in [-0.4, -0.2) is 23.7 Å². The Hall–Kier alpha value is -1.13. The van der Waals surface area contributed by atoms with Crippen molar-refractivity contribution < 1.29 is 4.74 Å². The fraction of sp³-hybridized carbons (Fsp3) is 0.462. The first kappa shape index (κ1) is 11.0. The van der Waals surface area contributed by atoms with Gasteiger partial charge < -0.3 is 10.1 Å². The lowest BCUT2D eigenvalue weighted by Crippen LogP contribution is -2.32. The largest absolute Gasteiger partial charge is 0.378 e. The molecule has 0 aliphatic carbocycles. The summed E-state index contributed by atoms with van der Waals surface area (Å²) in [4.78, 5) is 4.45. The molecule has 90 valence electrons. The van der Waals surface area contributed by atoms with Crippen LogP contribution >= 0.6 is 11.3 Å². The van der Waals surface area contributed by atoms with E-state index in [2.05, 4.69) is 34.7 Å². The van der Waals surface area contributed by atoms with Crippen molar-refractivity contribution in [2.45, 2.75) is 31.9 Å². The van der Waals surface area contributed by atoms with Crippen LogP contribution in [0.1, 0.15) is 19.8 Å². The maximum Gasteiger partial charge on any atom is 0.134 e. The van der Waals surface area contributed by atoms with Crippen molar-refractivity contribution in [2.75, 3.05) is 11.9 Å². The molecule has 1 saturated heterocycles. The minimum absolute atomic E-state index is 0.350. The van der Waals surface area contributed by atoms with Crippen molar-refractivity contribution in [1.82, 2.24) is 4.98 Å². The lowest BCUT2D eigenvalue weighted by atomic mass is 10.0. The molecule has 0 radical (unpaired) electrons. The van der Waals surface area contributed by atoms with E-state index in [1.807, 2.05) is 6.20 Å². The number of thiophene rings is 1. The molecular weight excluding hydrogens is 232 g/mol. The second-order valence-electron chi connectivity index (χ2n) is 4.54. The smallest absolute Gasteiger partial charge is 0.134 e. The quantitative estimate of drug-likeness (QED) is 0.885. The number of aromatic nitrogens is 1. The van der Waals surface area contributed by atoms with Crippen molar-refractivity contribution >= 4 is 27.2 Å². The average Bonchev–Trinajstić information content (AvgIpc) is 2.78. The van der Waals surface area contributed by atoms with Crippen LogP contribution in [0.4, 0.5) is 5.82 Å². The van der Waals surface area contributed by atoms with Gasteiger partial charge in [-0.25, -0.2) is 4.98 Å². The van der Waals surface area contributed by atoms with Crippen LogP contribution in [0.5, 0.6) is 0 Å². The van der Waals surface area contributed by atoms with Crippen LogP contribution in [0, 0.1) is 0 Å². The van der Waals surface area contributed by atoms with Crippen molar-refractivity contribution in [3.8, 4) is 0 Å². The highest BCUT2D eigenvalue weighted by molar-refractivity contribution is 7.17. The predicted octanol–water partition coefficient (Wildman–Crippen LogP) is 3.28. The minimum atomic E-state index is 0.350. The molecule has 3 rings (SSSR count). The van der Waals surface area contributed by atoms with E-state index in [0.717, 1.165) is 25.3 Å². The zero-order valence-corrected chi connectivity index (χ0v) is 10.7. The number of pyridine rings is 1. The van der Waals surface area contributed by atoms with Crippen molar-refractivity contribution in [2.24, 2.45) is 0 Å². The minimum Gasteiger partial charge on any atom is -0.378 e. The van der Waals surface area contributed by atoms with Gasteiger partial charge in [0.05, 0.1) is 6.10 Å². The average molecular weight is 248 g/mol. The molecule has 3 nitrogen and oxygen atoms in total. The molecule has 1 fully saturated rings. The molecule has 0 saturated carbocycles. The number of nitrogens with zero attached hydrogens (tertiary/aromatic N) is 1. The van der Waals surface area contributed by atoms with Gasteiger partial charge in [0, 0.05) is 28.9 Å². The summed E-state index contributed by atoms with van der Waals surface area (Å²) in [6.45, 7) is 2.98. The molecule has 3 heterocycles. The summed E-state index contributed by atoms with van der Waals surface area (Å²) in [7, 11) is 0. The lowest BCUT2D eigenvalue weighted by molar-refractivity contribution is 0.0232. The number of anilines is 1. The predicted molar refractivity (Wildman–Crippen MR) is 71.7 cm³/mol. The van der Waals surface area contributed by atoms with Crippen LogP contribution in [-0.2, 0) is 4.74 Å². The van der Waals surface area contributed by atoms with E-state index in [1.54, 1.807) is 11.3 Å². The topological polar surface area (TPSA) is 34.2 Å². The van der Waals surface area contributed by atoms with Gasteiger partial charge in [-0.15, -0.1) is 11.3 Å². The Morgan fingerprint density at radius 1 is 1.47 bits per heavy atom. The van der Waals surface area contributed by atoms with Crippen LogP contribution in [0.3, 0.4) is 0 Å². The van der Waals surface area contributed by atoms with Gasteiger partial charge in [-0.3, -0.25) is 0 Å². The number of ether oxygens (including phenoxy) is 1. The third-order valence-electron chi connectivity index (χ3n) is 3.21. The molecule has 1 N–H and O–H groups in total. The van der Waals surface area contributed by atoms with E-state index < -0.39 is 0 Å². The van der Waals surface area contributed by atoms with Gasteiger partial charge in [0.1, 0.15) is 5.82 Å². The summed E-state index contributed by atoms with van der Waals surface area (Å²) in [5, 5.41) is 6.90. The second-order valence-corrected chi connectivity index (χ2v) is 5.49. The zero-order chi connectivity index (χ0) is 11.7. The SMILES string of the molecule is CC1CC(Nc2nccc3sccc23)CCO1. The van der Waals surface area contributed by atoms with Crippen LogP contribution in [0.2, 0.25) is 0 Å². The number of nitrogens with one attached hydrogen (secondary N) is 1. The first-order valence-electron chi connectivity index (χ1n) is 6.03. The molecule has 1 aliphatic heterocycles. The lowest BCUT2D eigenvalue weighted by Gasteiger charge is -2.28. The Morgan fingerprint density at radius 2 is 2.41 bits per heavy atom. The molecule has 1 aliphatic rings. The highest BCUT2D eigenvalue weighted by Crippen LogP contribution is 2.27. The fourth-order valence-electron chi connectivity index (χ4n) is 2.33. The summed E-state index contributed by atoms with van der Waals surface area (Å²) in [5.74, 6) is 1.02. The molecule has 4 heteroatoms. The van der Waals surface area contributed by atoms with E-state index in [9.17, 15) is 0 Å². The van der Waals surface area contributed by atoms with Gasteiger partial charge in [-0.2, -0.15) is 0 Å². The first-order valence-corrected chi connectivity index (χ1v) is 6.91. The van der Waals surface area contributed by atoms with Crippen LogP contribution in [0.25, 0.3) is 10.1 Å². The first-order chi connectivity index (χ1) is 8.33. The molecule has 2 aromatic heterocycles. The van der Waals surface area contributed by atoms with E-state index in [4.69, 9.17) is 4.74 Å². The Labute approximate surface area is 105 Å². The second kappa shape index (κ2) is 4.63. The maximum atomic E-state index is 5.56. The number of hydrogen-bond donors (Lipinski definition) is 1. The van der Waals surface area contributed by atoms with Gasteiger partial charge >= 0.3 is 0 Å². The van der Waals surface area contributed by atoms with E-state index in [0.29, 0.717) is 12.1 Å². The van der Waals surface area contributed by atoms with Gasteiger partial charge in [-0.05, 0) is 37.3 Å². The van der Waals surface area contributed by atoms with E-state index in [-0.39, 0.29) is 0 Å². The van der Waals surface area contributed by atoms with Crippen LogP contribution in [0.15, 0.2) is 23.7 Å². The molecule has 2 aromatic rings. The molecule has 2 atom stereocenters. The number of fused-ring (bicyclic) bond motifs is 1. The Kier molecular flexibility index (Phi) is 2.99. The number of hydrogen-bond acceptors (Lipinski definition) is 4. The highest BCUT2D eigenvalue weighted by Gasteiger charge is 2.20. The van der Waals surface area contributed by atoms with Gasteiger partial charge in [0.25, 0.3) is 0 Å². The summed E-state index contributed by atoms with van der Waals surface area (Å²) in [6, 6.07) is 4.69. The summed E-state index contributed by atoms with van der Waals surface area (Å²) in [6.07, 6.45) is 4.35. The molecule has 17 heavy (non-hydrogen) atoms. The fourth-order valence-corrected chi connectivity index (χ4v) is 3.11. The maximum absolute atomic E-state index is 5.56. The Morgan fingerprint density at radius 3 is 3.29 bits per heavy atom. The van der Waals surface area contributed by atoms with Crippen molar-refractivity contribution in [1.29, 1.82) is 0 Å². The van der Waals surface area contributed by atoms with Crippen molar-refractivity contribution in [3.05, 3.63) is 23.7 Å². The van der Waals surface area contributed by atoms with Gasteiger partial charge in [0.2, 0.25) is 0 Å². The van der Waals surface area contributed by atoms with E-state index >= 15 is 0 Å². The normalized spacial score (nSPS) is 25.0. The Bertz CT molecular complexity index is 511. The van der Waals surface area contributed by atoms with E-state index in [1.165, 1.54) is 10.1 Å². The zero-order valence-electron chi connectivity index (χ0n) is 9.85. The molecule has 0 amide bonds. The molecule has 0 spiro atoms. The van der Waals surface area contributed by atoms with Gasteiger partial charge in [-0.1, -0.05) is 0 Å². The third kappa shape index (κ3) is 2.28. The van der Waals surface area contributed by atoms with Crippen LogP contribution < -0.4 is 5.32 Å². The monoisotopic (exact) mass is 248 g/mol. The highest BCUT2D eigenvalue weighted by atomic mass is 32.1. The molecule has 2 unspecified atom stereocenters.